The average molecular weight is 504 g/mol. The number of nitrogens with zero attached hydrogens (tertiary/aromatic N) is 3. The molecule has 7 nitrogen and oxygen atoms in total. The van der Waals surface area contributed by atoms with Gasteiger partial charge in [-0.25, -0.2) is 9.97 Å². The van der Waals surface area contributed by atoms with E-state index in [4.69, 9.17) is 21.1 Å². The van der Waals surface area contributed by atoms with Gasteiger partial charge in [0.2, 0.25) is 5.95 Å². The van der Waals surface area contributed by atoms with Gasteiger partial charge >= 0.3 is 0 Å². The van der Waals surface area contributed by atoms with E-state index < -0.39 is 17.1 Å². The Bertz CT molecular complexity index is 1110. The predicted octanol–water partition coefficient (Wildman–Crippen LogP) is 3.74. The summed E-state index contributed by atoms with van der Waals surface area (Å²) in [5.74, 6) is 0.486. The third-order valence-electron chi connectivity index (χ3n) is 5.80. The highest BCUT2D eigenvalue weighted by Gasteiger charge is 2.49. The van der Waals surface area contributed by atoms with Crippen molar-refractivity contribution in [3.63, 3.8) is 0 Å². The number of ether oxygens (including phenoxy) is 2. The number of ketones is 1. The van der Waals surface area contributed by atoms with Crippen molar-refractivity contribution in [2.24, 2.45) is 0 Å². The molecule has 0 amide bonds. The van der Waals surface area contributed by atoms with Crippen LogP contribution in [0.25, 0.3) is 0 Å². The van der Waals surface area contributed by atoms with Crippen LogP contribution >= 0.6 is 34.7 Å². The summed E-state index contributed by atoms with van der Waals surface area (Å²) in [6, 6.07) is 9.16. The molecular formula is C23H22ClN3O4S2. The number of anilines is 1. The second-order valence-electron chi connectivity index (χ2n) is 7.83. The molecule has 0 radical (unpaired) electrons. The van der Waals surface area contributed by atoms with Gasteiger partial charge in [0.25, 0.3) is 0 Å². The fourth-order valence-electron chi connectivity index (χ4n) is 4.07. The summed E-state index contributed by atoms with van der Waals surface area (Å²) in [6.45, 7) is 2.73. The lowest BCUT2D eigenvalue weighted by molar-refractivity contribution is -0.198. The van der Waals surface area contributed by atoms with Gasteiger partial charge in [-0.2, -0.15) is 11.3 Å². The number of Topliss-reactive ketones (excluding diaryl/α,β-unsaturated/α-hetero) is 1. The van der Waals surface area contributed by atoms with Crippen molar-refractivity contribution in [2.45, 2.75) is 28.5 Å². The SMILES string of the molecule is O=C1CC(c2cnc(N3CCOCC3)nc2)(c2ccsc2)OC(O)C1Sc1ccccc1Cl. The molecule has 1 aromatic carbocycles. The van der Waals surface area contributed by atoms with E-state index >= 15 is 0 Å². The van der Waals surface area contributed by atoms with Gasteiger partial charge in [0.1, 0.15) is 10.9 Å². The Morgan fingerprint density at radius 2 is 1.91 bits per heavy atom. The zero-order chi connectivity index (χ0) is 22.8. The maximum absolute atomic E-state index is 13.4. The van der Waals surface area contributed by atoms with Gasteiger partial charge < -0.3 is 19.5 Å². The first-order valence-corrected chi connectivity index (χ1v) is 12.7. The first kappa shape index (κ1) is 22.8. The minimum Gasteiger partial charge on any atom is -0.378 e. The highest BCUT2D eigenvalue weighted by Crippen LogP contribution is 2.46. The Morgan fingerprint density at radius 3 is 2.58 bits per heavy atom. The van der Waals surface area contributed by atoms with E-state index in [1.54, 1.807) is 18.5 Å². The standard InChI is InChI=1S/C23H22ClN3O4S2/c24-17-3-1-2-4-19(17)33-20-18(28)11-23(31-21(20)29,15-5-10-32-14-15)16-12-25-22(26-13-16)27-6-8-30-9-7-27/h1-5,10,12-14,20-21,29H,6-9,11H2. The summed E-state index contributed by atoms with van der Waals surface area (Å²) in [7, 11) is 0. The number of aliphatic hydroxyl groups is 1. The molecule has 0 aliphatic carbocycles. The van der Waals surface area contributed by atoms with Crippen molar-refractivity contribution < 1.29 is 19.4 Å². The smallest absolute Gasteiger partial charge is 0.225 e. The van der Waals surface area contributed by atoms with Crippen LogP contribution in [0.2, 0.25) is 5.02 Å². The van der Waals surface area contributed by atoms with E-state index in [0.717, 1.165) is 23.5 Å². The fraction of sp³-hybridized carbons (Fsp3) is 0.348. The van der Waals surface area contributed by atoms with Gasteiger partial charge in [-0.1, -0.05) is 23.7 Å². The molecule has 0 saturated carbocycles. The van der Waals surface area contributed by atoms with E-state index in [1.807, 2.05) is 35.0 Å². The van der Waals surface area contributed by atoms with Gasteiger partial charge in [-0.05, 0) is 34.5 Å². The number of aromatic nitrogens is 2. The Morgan fingerprint density at radius 1 is 1.15 bits per heavy atom. The van der Waals surface area contributed by atoms with Crippen LogP contribution in [0.1, 0.15) is 17.5 Å². The number of hydrogen-bond donors (Lipinski definition) is 1. The molecule has 2 aliphatic heterocycles. The molecule has 1 N–H and O–H groups in total. The number of halogens is 1. The summed E-state index contributed by atoms with van der Waals surface area (Å²) in [4.78, 5) is 25.2. The quantitative estimate of drug-likeness (QED) is 0.563. The lowest BCUT2D eigenvalue weighted by Crippen LogP contribution is -2.50. The second kappa shape index (κ2) is 9.69. The summed E-state index contributed by atoms with van der Waals surface area (Å²) in [5.41, 5.74) is 0.271. The number of aliphatic hydroxyl groups excluding tert-OH is 1. The molecule has 3 atom stereocenters. The molecule has 4 heterocycles. The van der Waals surface area contributed by atoms with Crippen molar-refractivity contribution in [3.8, 4) is 0 Å². The van der Waals surface area contributed by atoms with Crippen LogP contribution in [-0.2, 0) is 19.9 Å². The molecule has 0 bridgehead atoms. The van der Waals surface area contributed by atoms with Crippen molar-refractivity contribution in [1.82, 2.24) is 9.97 Å². The molecule has 2 aromatic heterocycles. The topological polar surface area (TPSA) is 84.8 Å². The highest BCUT2D eigenvalue weighted by molar-refractivity contribution is 8.00. The minimum atomic E-state index is -1.33. The largest absolute Gasteiger partial charge is 0.378 e. The third-order valence-corrected chi connectivity index (χ3v) is 8.28. The fourth-order valence-corrected chi connectivity index (χ4v) is 6.06. The van der Waals surface area contributed by atoms with Crippen LogP contribution < -0.4 is 4.90 Å². The van der Waals surface area contributed by atoms with E-state index in [9.17, 15) is 9.90 Å². The Kier molecular flexibility index (Phi) is 6.69. The number of carbonyl (C=O) groups excluding carboxylic acids is 1. The van der Waals surface area contributed by atoms with Gasteiger partial charge in [0.05, 0.1) is 18.2 Å². The molecule has 5 rings (SSSR count). The molecule has 3 aromatic rings. The van der Waals surface area contributed by atoms with Crippen LogP contribution in [0.3, 0.4) is 0 Å². The summed E-state index contributed by atoms with van der Waals surface area (Å²) in [6.07, 6.45) is 2.11. The number of rotatable bonds is 5. The zero-order valence-electron chi connectivity index (χ0n) is 17.6. The number of hydrogen-bond acceptors (Lipinski definition) is 9. The van der Waals surface area contributed by atoms with E-state index in [-0.39, 0.29) is 12.2 Å². The molecule has 2 fully saturated rings. The molecule has 10 heteroatoms. The molecule has 2 saturated heterocycles. The van der Waals surface area contributed by atoms with Crippen LogP contribution in [0.5, 0.6) is 0 Å². The lowest BCUT2D eigenvalue weighted by atomic mass is 9.82. The first-order valence-electron chi connectivity index (χ1n) is 10.5. The monoisotopic (exact) mass is 503 g/mol. The van der Waals surface area contributed by atoms with Crippen molar-refractivity contribution in [2.75, 3.05) is 31.2 Å². The molecule has 3 unspecified atom stereocenters. The third kappa shape index (κ3) is 4.53. The normalized spacial score (nSPS) is 25.9. The van der Waals surface area contributed by atoms with Crippen molar-refractivity contribution in [3.05, 3.63) is 69.6 Å². The molecule has 33 heavy (non-hydrogen) atoms. The Labute approximate surface area is 204 Å². The summed E-state index contributed by atoms with van der Waals surface area (Å²) in [5, 5.41) is 14.6. The molecule has 0 spiro atoms. The Balaban J connectivity index is 1.44. The molecule has 2 aliphatic rings. The van der Waals surface area contributed by atoms with Gasteiger partial charge in [0, 0.05) is 42.4 Å². The number of thioether (sulfide) groups is 1. The van der Waals surface area contributed by atoms with E-state index in [1.165, 1.54) is 23.1 Å². The van der Waals surface area contributed by atoms with E-state index in [0.29, 0.717) is 29.7 Å². The number of thiophene rings is 1. The zero-order valence-corrected chi connectivity index (χ0v) is 20.0. The minimum absolute atomic E-state index is 0.0587. The number of benzene rings is 1. The van der Waals surface area contributed by atoms with Crippen molar-refractivity contribution in [1.29, 1.82) is 0 Å². The number of carbonyl (C=O) groups is 1. The Hall–Kier alpha value is -2.01. The van der Waals surface area contributed by atoms with E-state index in [2.05, 4.69) is 14.9 Å². The predicted molar refractivity (Wildman–Crippen MR) is 128 cm³/mol. The van der Waals surface area contributed by atoms with Crippen LogP contribution in [0.4, 0.5) is 5.95 Å². The second-order valence-corrected chi connectivity index (χ2v) is 10.2. The average Bonchev–Trinajstić information content (AvgIpc) is 3.39. The lowest BCUT2D eigenvalue weighted by Gasteiger charge is -2.41. The number of morpholine rings is 1. The highest BCUT2D eigenvalue weighted by atomic mass is 35.5. The van der Waals surface area contributed by atoms with Crippen LogP contribution in [-0.4, -0.2) is 58.7 Å². The molecular weight excluding hydrogens is 482 g/mol. The maximum atomic E-state index is 13.4. The van der Waals surface area contributed by atoms with Crippen LogP contribution in [0, 0.1) is 0 Å². The van der Waals surface area contributed by atoms with Gasteiger partial charge in [0.15, 0.2) is 12.1 Å². The van der Waals surface area contributed by atoms with Gasteiger partial charge in [-0.3, -0.25) is 4.79 Å². The van der Waals surface area contributed by atoms with Crippen molar-refractivity contribution >= 4 is 46.4 Å². The van der Waals surface area contributed by atoms with Gasteiger partial charge in [-0.15, -0.1) is 11.8 Å². The van der Waals surface area contributed by atoms with Crippen LogP contribution in [0.15, 0.2) is 58.4 Å². The maximum Gasteiger partial charge on any atom is 0.225 e. The summed E-state index contributed by atoms with van der Waals surface area (Å²) < 4.78 is 11.6. The first-order chi connectivity index (χ1) is 16.1. The summed E-state index contributed by atoms with van der Waals surface area (Å²) >= 11 is 8.99. The molecule has 172 valence electrons.